The van der Waals surface area contributed by atoms with Crippen LogP contribution in [0.2, 0.25) is 5.02 Å². The second kappa shape index (κ2) is 10.9. The summed E-state index contributed by atoms with van der Waals surface area (Å²) in [7, 11) is 3.39. The Labute approximate surface area is 222 Å². The highest BCUT2D eigenvalue weighted by molar-refractivity contribution is 6.31. The second-order valence-corrected chi connectivity index (χ2v) is 9.14. The van der Waals surface area contributed by atoms with Crippen LogP contribution in [0.5, 0.6) is 11.5 Å². The summed E-state index contributed by atoms with van der Waals surface area (Å²) in [5.74, 6) is 1.45. The molecule has 1 saturated heterocycles. The van der Waals surface area contributed by atoms with E-state index >= 15 is 0 Å². The number of fused-ring (bicyclic) bond motifs is 1. The zero-order chi connectivity index (χ0) is 24.5. The topological polar surface area (TPSA) is 71.4 Å². The van der Waals surface area contributed by atoms with E-state index in [1.165, 1.54) is 5.69 Å². The molecule has 1 aliphatic rings. The van der Waals surface area contributed by atoms with E-state index in [1.54, 1.807) is 20.5 Å². The molecule has 192 valence electrons. The first-order valence-corrected chi connectivity index (χ1v) is 12.3. The van der Waals surface area contributed by atoms with Crippen LogP contribution in [0.15, 0.2) is 36.8 Å². The molecule has 0 atom stereocenters. The lowest BCUT2D eigenvalue weighted by atomic mass is 10.1. The molecule has 1 fully saturated rings. The van der Waals surface area contributed by atoms with Gasteiger partial charge >= 0.3 is 0 Å². The summed E-state index contributed by atoms with van der Waals surface area (Å²) in [6.45, 7) is 8.26. The number of imidazole rings is 1. The van der Waals surface area contributed by atoms with Crippen LogP contribution < -0.4 is 19.3 Å². The molecule has 3 heterocycles. The van der Waals surface area contributed by atoms with Gasteiger partial charge in [-0.05, 0) is 31.0 Å². The summed E-state index contributed by atoms with van der Waals surface area (Å²) in [6, 6.07) is 8.14. The molecule has 10 heteroatoms. The van der Waals surface area contributed by atoms with Crippen LogP contribution in [0.25, 0.3) is 10.9 Å². The van der Waals surface area contributed by atoms with Gasteiger partial charge in [0.2, 0.25) is 0 Å². The first-order valence-electron chi connectivity index (χ1n) is 11.9. The van der Waals surface area contributed by atoms with Gasteiger partial charge in [0.15, 0.2) is 11.5 Å². The van der Waals surface area contributed by atoms with Gasteiger partial charge in [-0.2, -0.15) is 5.10 Å². The van der Waals surface area contributed by atoms with Gasteiger partial charge in [-0.25, -0.2) is 4.98 Å². The first-order chi connectivity index (χ1) is 17.0. The third-order valence-corrected chi connectivity index (χ3v) is 7.22. The predicted octanol–water partition coefficient (Wildman–Crippen LogP) is 5.10. The Morgan fingerprint density at radius 1 is 1.08 bits per heavy atom. The molecule has 0 amide bonds. The highest BCUT2D eigenvalue weighted by Gasteiger charge is 2.28. The molecule has 1 N–H and O–H groups in total. The Kier molecular flexibility index (Phi) is 7.85. The van der Waals surface area contributed by atoms with E-state index in [0.29, 0.717) is 12.3 Å². The number of H-pyrrole nitrogens is 1. The number of methoxy groups -OCH3 is 2. The summed E-state index contributed by atoms with van der Waals surface area (Å²) in [4.78, 5) is 12.2. The summed E-state index contributed by atoms with van der Waals surface area (Å²) in [5, 5.41) is 6.90. The van der Waals surface area contributed by atoms with E-state index < -0.39 is 0 Å². The van der Waals surface area contributed by atoms with E-state index in [-0.39, 0.29) is 12.4 Å². The number of nitrogens with one attached hydrogen (secondary N) is 1. The third kappa shape index (κ3) is 4.55. The largest absolute Gasteiger partial charge is 0.493 e. The minimum Gasteiger partial charge on any atom is -0.493 e. The number of ether oxygens (including phenoxy) is 2. The molecule has 2 aromatic heterocycles. The van der Waals surface area contributed by atoms with Crippen molar-refractivity contribution in [1.82, 2.24) is 19.7 Å². The summed E-state index contributed by atoms with van der Waals surface area (Å²) < 4.78 is 13.7. The van der Waals surface area contributed by atoms with Crippen molar-refractivity contribution in [3.63, 3.8) is 0 Å². The van der Waals surface area contributed by atoms with Crippen LogP contribution in [-0.2, 0) is 13.0 Å². The fourth-order valence-electron chi connectivity index (χ4n) is 5.01. The van der Waals surface area contributed by atoms with Crippen LogP contribution >= 0.6 is 24.0 Å². The average Bonchev–Trinajstić information content (AvgIpc) is 3.52. The van der Waals surface area contributed by atoms with Crippen molar-refractivity contribution >= 4 is 46.3 Å². The van der Waals surface area contributed by atoms with Crippen LogP contribution in [0, 0.1) is 6.92 Å². The molecule has 1 aliphatic heterocycles. The Balaban J connectivity index is 0.00000304. The fraction of sp³-hybridized carbons (Fsp3) is 0.385. The first kappa shape index (κ1) is 26.0. The van der Waals surface area contributed by atoms with Gasteiger partial charge in [0, 0.05) is 49.2 Å². The quantitative estimate of drug-likeness (QED) is 0.358. The number of aromatic amines is 1. The minimum atomic E-state index is 0. The van der Waals surface area contributed by atoms with E-state index in [1.807, 2.05) is 29.1 Å². The zero-order valence-corrected chi connectivity index (χ0v) is 22.6. The van der Waals surface area contributed by atoms with Gasteiger partial charge < -0.3 is 24.3 Å². The number of hydrogen-bond donors (Lipinski definition) is 1. The molecule has 2 aromatic carbocycles. The van der Waals surface area contributed by atoms with Crippen molar-refractivity contribution in [3.8, 4) is 11.5 Å². The molecule has 4 aromatic rings. The smallest absolute Gasteiger partial charge is 0.185 e. The van der Waals surface area contributed by atoms with Crippen molar-refractivity contribution in [2.45, 2.75) is 26.8 Å². The molecule has 0 bridgehead atoms. The van der Waals surface area contributed by atoms with E-state index in [4.69, 9.17) is 26.2 Å². The highest BCUT2D eigenvalue weighted by atomic mass is 35.5. The molecule has 0 unspecified atom stereocenters. The molecule has 5 rings (SSSR count). The summed E-state index contributed by atoms with van der Waals surface area (Å²) >= 11 is 6.40. The molecular weight excluding hydrogens is 499 g/mol. The maximum Gasteiger partial charge on any atom is 0.185 e. The van der Waals surface area contributed by atoms with Gasteiger partial charge in [-0.15, -0.1) is 12.4 Å². The van der Waals surface area contributed by atoms with Crippen molar-refractivity contribution in [3.05, 3.63) is 58.8 Å². The fourth-order valence-corrected chi connectivity index (χ4v) is 5.18. The van der Waals surface area contributed by atoms with Crippen molar-refractivity contribution < 1.29 is 9.47 Å². The summed E-state index contributed by atoms with van der Waals surface area (Å²) in [6.07, 6.45) is 4.41. The third-order valence-electron chi connectivity index (χ3n) is 6.81. The number of hydrogen-bond acceptors (Lipinski definition) is 6. The number of rotatable bonds is 7. The number of halogens is 2. The number of benzene rings is 2. The SMILES string of the molecule is CCc1nn(Cc2c[nH]cn2)c2cc(OC)c(OC)c(N3CCN(c4cccc(Cl)c4C)CC3)c12.Cl. The lowest BCUT2D eigenvalue weighted by molar-refractivity contribution is 0.355. The van der Waals surface area contributed by atoms with Gasteiger partial charge in [0.05, 0.1) is 55.1 Å². The number of anilines is 2. The average molecular weight is 531 g/mol. The standard InChI is InChI=1S/C26H31ClN6O2.ClH/c1-5-20-24-22(33(30-20)15-18-14-28-16-29-18)13-23(34-3)26(35-4)25(24)32-11-9-31(10-12-32)21-8-6-7-19(27)17(21)2;/h6-8,13-14,16H,5,9-12,15H2,1-4H3,(H,28,29);1H. The van der Waals surface area contributed by atoms with E-state index in [0.717, 1.165) is 76.9 Å². The van der Waals surface area contributed by atoms with Crippen molar-refractivity contribution in [1.29, 1.82) is 0 Å². The van der Waals surface area contributed by atoms with Crippen LogP contribution in [-0.4, -0.2) is 60.1 Å². The van der Waals surface area contributed by atoms with Crippen LogP contribution in [0.1, 0.15) is 23.9 Å². The summed E-state index contributed by atoms with van der Waals surface area (Å²) in [5.41, 5.74) is 6.36. The van der Waals surface area contributed by atoms with E-state index in [9.17, 15) is 0 Å². The normalized spacial score (nSPS) is 13.7. The molecule has 0 aliphatic carbocycles. The highest BCUT2D eigenvalue weighted by Crippen LogP contribution is 2.46. The molecule has 36 heavy (non-hydrogen) atoms. The Bertz CT molecular complexity index is 1330. The Morgan fingerprint density at radius 2 is 1.83 bits per heavy atom. The lowest BCUT2D eigenvalue weighted by Crippen LogP contribution is -2.47. The Morgan fingerprint density at radius 3 is 2.47 bits per heavy atom. The second-order valence-electron chi connectivity index (χ2n) is 8.73. The predicted molar refractivity (Wildman–Crippen MR) is 148 cm³/mol. The van der Waals surface area contributed by atoms with Crippen molar-refractivity contribution in [2.75, 3.05) is 50.2 Å². The van der Waals surface area contributed by atoms with Gasteiger partial charge in [0.1, 0.15) is 0 Å². The number of aromatic nitrogens is 4. The Hall–Kier alpha value is -3.10. The van der Waals surface area contributed by atoms with Gasteiger partial charge in [-0.1, -0.05) is 24.6 Å². The minimum absolute atomic E-state index is 0. The molecule has 0 spiro atoms. The van der Waals surface area contributed by atoms with Gasteiger partial charge in [-0.3, -0.25) is 4.68 Å². The number of piperazine rings is 1. The lowest BCUT2D eigenvalue weighted by Gasteiger charge is -2.39. The molecule has 0 saturated carbocycles. The zero-order valence-electron chi connectivity index (χ0n) is 21.0. The number of nitrogens with zero attached hydrogens (tertiary/aromatic N) is 5. The maximum atomic E-state index is 6.40. The van der Waals surface area contributed by atoms with Crippen LogP contribution in [0.4, 0.5) is 11.4 Å². The molecule has 0 radical (unpaired) electrons. The van der Waals surface area contributed by atoms with Crippen molar-refractivity contribution in [2.24, 2.45) is 0 Å². The molecular formula is C26H32Cl2N6O2. The number of aryl methyl sites for hydroxylation is 1. The van der Waals surface area contributed by atoms with E-state index in [2.05, 4.69) is 39.7 Å². The monoisotopic (exact) mass is 530 g/mol. The maximum absolute atomic E-state index is 6.40. The molecule has 8 nitrogen and oxygen atoms in total. The van der Waals surface area contributed by atoms with Crippen LogP contribution in [0.3, 0.4) is 0 Å². The van der Waals surface area contributed by atoms with Gasteiger partial charge in [0.25, 0.3) is 0 Å².